The molecule has 5 heterocycles. The van der Waals surface area contributed by atoms with Crippen molar-refractivity contribution >= 4 is 11.7 Å². The molecule has 0 aromatic carbocycles. The molecule has 0 atom stereocenters. The Labute approximate surface area is 186 Å². The smallest absolute Gasteiger partial charge is 0.324 e. The third kappa shape index (κ3) is 4.09. The van der Waals surface area contributed by atoms with Crippen molar-refractivity contribution in [3.63, 3.8) is 0 Å². The predicted molar refractivity (Wildman–Crippen MR) is 123 cm³/mol. The lowest BCUT2D eigenvalue weighted by atomic mass is 9.77. The van der Waals surface area contributed by atoms with Gasteiger partial charge < -0.3 is 14.5 Å². The van der Waals surface area contributed by atoms with E-state index in [4.69, 9.17) is 9.72 Å². The van der Waals surface area contributed by atoms with Gasteiger partial charge in [-0.2, -0.15) is 0 Å². The average Bonchev–Trinajstić information content (AvgIpc) is 3.29. The molecule has 3 fully saturated rings. The Morgan fingerprint density at radius 2 is 1.81 bits per heavy atom. The van der Waals surface area contributed by atoms with Crippen LogP contribution in [-0.2, 0) is 10.2 Å². The van der Waals surface area contributed by atoms with Crippen molar-refractivity contribution < 1.29 is 9.53 Å². The molecule has 3 saturated heterocycles. The molecular formula is C25H38N4O2. The zero-order chi connectivity index (χ0) is 21.6. The third-order valence-corrected chi connectivity index (χ3v) is 8.21. The minimum Gasteiger partial charge on any atom is -0.381 e. The lowest BCUT2D eigenvalue weighted by Gasteiger charge is -2.41. The van der Waals surface area contributed by atoms with Crippen molar-refractivity contribution in [2.24, 2.45) is 11.3 Å². The number of hydrogen-bond acceptors (Lipinski definition) is 4. The summed E-state index contributed by atoms with van der Waals surface area (Å²) in [5, 5.41) is 0. The maximum Gasteiger partial charge on any atom is 0.324 e. The van der Waals surface area contributed by atoms with Gasteiger partial charge in [-0.3, -0.25) is 9.88 Å². The molecule has 1 aromatic heterocycles. The van der Waals surface area contributed by atoms with Crippen LogP contribution in [0.15, 0.2) is 12.1 Å². The van der Waals surface area contributed by atoms with Crippen LogP contribution in [0.5, 0.6) is 0 Å². The Kier molecular flexibility index (Phi) is 5.50. The van der Waals surface area contributed by atoms with Gasteiger partial charge in [-0.25, -0.2) is 4.79 Å². The molecule has 170 valence electrons. The van der Waals surface area contributed by atoms with Gasteiger partial charge in [-0.05, 0) is 75.6 Å². The van der Waals surface area contributed by atoms with E-state index in [0.717, 1.165) is 62.3 Å². The number of hydrogen-bond donors (Lipinski definition) is 0. The first-order chi connectivity index (χ1) is 14.9. The van der Waals surface area contributed by atoms with Gasteiger partial charge >= 0.3 is 6.03 Å². The summed E-state index contributed by atoms with van der Waals surface area (Å²) in [4.78, 5) is 25.1. The van der Waals surface area contributed by atoms with E-state index in [1.165, 1.54) is 45.3 Å². The molecular weight excluding hydrogens is 388 g/mol. The number of ether oxygens (including phenoxy) is 1. The molecule has 0 aliphatic carbocycles. The Morgan fingerprint density at radius 3 is 2.55 bits per heavy atom. The van der Waals surface area contributed by atoms with Crippen LogP contribution in [0.1, 0.15) is 57.3 Å². The molecule has 1 aromatic rings. The highest BCUT2D eigenvalue weighted by Gasteiger charge is 2.46. The number of fused-ring (bicyclic) bond motifs is 1. The van der Waals surface area contributed by atoms with Gasteiger partial charge in [-0.1, -0.05) is 13.8 Å². The second kappa shape index (κ2) is 8.04. The fourth-order valence-electron chi connectivity index (χ4n) is 6.17. The van der Waals surface area contributed by atoms with Crippen molar-refractivity contribution in [2.45, 2.75) is 58.3 Å². The summed E-state index contributed by atoms with van der Waals surface area (Å²) in [5.74, 6) is 0.806. The predicted octanol–water partition coefficient (Wildman–Crippen LogP) is 3.82. The SMILES string of the molecule is Cc1ccc2c(n1)C(C)(C)CN2C(=O)N1CCC2(CCN(CC3CCOCC3)CC2)C1. The number of aromatic nitrogens is 1. The minimum atomic E-state index is -0.0933. The van der Waals surface area contributed by atoms with Crippen molar-refractivity contribution in [3.8, 4) is 0 Å². The number of pyridine rings is 1. The molecule has 6 heteroatoms. The molecule has 0 saturated carbocycles. The van der Waals surface area contributed by atoms with Crippen molar-refractivity contribution in [1.82, 2.24) is 14.8 Å². The lowest BCUT2D eigenvalue weighted by molar-refractivity contribution is 0.0382. The second-order valence-electron chi connectivity index (χ2n) is 11.1. The van der Waals surface area contributed by atoms with Crippen molar-refractivity contribution in [1.29, 1.82) is 0 Å². The summed E-state index contributed by atoms with van der Waals surface area (Å²) in [5.41, 5.74) is 3.33. The maximum absolute atomic E-state index is 13.5. The highest BCUT2D eigenvalue weighted by atomic mass is 16.5. The molecule has 1 spiro atoms. The number of nitrogens with zero attached hydrogens (tertiary/aromatic N) is 4. The van der Waals surface area contributed by atoms with Crippen LogP contribution >= 0.6 is 0 Å². The first-order valence-corrected chi connectivity index (χ1v) is 12.2. The molecule has 31 heavy (non-hydrogen) atoms. The Balaban J connectivity index is 1.20. The van der Waals surface area contributed by atoms with Crippen LogP contribution in [0.3, 0.4) is 0 Å². The van der Waals surface area contributed by atoms with Gasteiger partial charge in [0.1, 0.15) is 0 Å². The molecule has 4 aliphatic rings. The van der Waals surface area contributed by atoms with E-state index in [1.807, 2.05) is 17.9 Å². The molecule has 4 aliphatic heterocycles. The maximum atomic E-state index is 13.5. The van der Waals surface area contributed by atoms with Crippen molar-refractivity contribution in [2.75, 3.05) is 57.4 Å². The summed E-state index contributed by atoms with van der Waals surface area (Å²) < 4.78 is 5.52. The molecule has 6 nitrogen and oxygen atoms in total. The fraction of sp³-hybridized carbons (Fsp3) is 0.760. The largest absolute Gasteiger partial charge is 0.381 e. The fourth-order valence-corrected chi connectivity index (χ4v) is 6.17. The summed E-state index contributed by atoms with van der Waals surface area (Å²) in [6.07, 6.45) is 6.03. The monoisotopic (exact) mass is 426 g/mol. The first-order valence-electron chi connectivity index (χ1n) is 12.2. The lowest BCUT2D eigenvalue weighted by Crippen LogP contribution is -2.46. The molecule has 0 bridgehead atoms. The van der Waals surface area contributed by atoms with Gasteiger partial charge in [-0.15, -0.1) is 0 Å². The van der Waals surface area contributed by atoms with E-state index in [2.05, 4.69) is 29.7 Å². The number of amides is 2. The van der Waals surface area contributed by atoms with Crippen LogP contribution in [0.4, 0.5) is 10.5 Å². The van der Waals surface area contributed by atoms with Gasteiger partial charge in [0, 0.05) is 50.5 Å². The standard InChI is InChI=1S/C25H38N4O2/c1-19-4-5-21-22(26-19)24(2,3)17-29(21)23(30)28-13-10-25(18-28)8-11-27(12-9-25)16-20-6-14-31-15-7-20/h4-5,20H,6-18H2,1-3H3. The zero-order valence-corrected chi connectivity index (χ0v) is 19.5. The van der Waals surface area contributed by atoms with Gasteiger partial charge in [0.15, 0.2) is 0 Å². The van der Waals surface area contributed by atoms with Gasteiger partial charge in [0.05, 0.1) is 11.4 Å². The summed E-state index contributed by atoms with van der Waals surface area (Å²) in [6, 6.07) is 4.30. The highest BCUT2D eigenvalue weighted by molar-refractivity contribution is 5.95. The topological polar surface area (TPSA) is 48.9 Å². The summed E-state index contributed by atoms with van der Waals surface area (Å²) in [6.45, 7) is 14.4. The third-order valence-electron chi connectivity index (χ3n) is 8.21. The molecule has 0 N–H and O–H groups in total. The number of aryl methyl sites for hydroxylation is 1. The summed E-state index contributed by atoms with van der Waals surface area (Å²) in [7, 11) is 0. The van der Waals surface area contributed by atoms with E-state index in [-0.39, 0.29) is 11.4 Å². The van der Waals surface area contributed by atoms with Gasteiger partial charge in [0.2, 0.25) is 0 Å². The second-order valence-corrected chi connectivity index (χ2v) is 11.1. The number of urea groups is 1. The van der Waals surface area contributed by atoms with E-state index in [9.17, 15) is 4.79 Å². The van der Waals surface area contributed by atoms with E-state index in [1.54, 1.807) is 0 Å². The number of carbonyl (C=O) groups is 1. The van der Waals surface area contributed by atoms with E-state index in [0.29, 0.717) is 5.41 Å². The Bertz CT molecular complexity index is 825. The van der Waals surface area contributed by atoms with Crippen LogP contribution < -0.4 is 4.90 Å². The summed E-state index contributed by atoms with van der Waals surface area (Å²) >= 11 is 0. The first kappa shape index (κ1) is 21.2. The zero-order valence-electron chi connectivity index (χ0n) is 19.5. The minimum absolute atomic E-state index is 0.0933. The van der Waals surface area contributed by atoms with Crippen LogP contribution in [0, 0.1) is 18.3 Å². The number of anilines is 1. The van der Waals surface area contributed by atoms with E-state index < -0.39 is 0 Å². The van der Waals surface area contributed by atoms with Crippen LogP contribution in [0.25, 0.3) is 0 Å². The van der Waals surface area contributed by atoms with Crippen LogP contribution in [0.2, 0.25) is 0 Å². The quantitative estimate of drug-likeness (QED) is 0.721. The average molecular weight is 427 g/mol. The van der Waals surface area contributed by atoms with Crippen molar-refractivity contribution in [3.05, 3.63) is 23.5 Å². The normalized spacial score (nSPS) is 25.9. The van der Waals surface area contributed by atoms with Gasteiger partial charge in [0.25, 0.3) is 0 Å². The Hall–Kier alpha value is -1.66. The highest BCUT2D eigenvalue weighted by Crippen LogP contribution is 2.43. The molecule has 2 amide bonds. The number of piperidine rings is 1. The molecule has 5 rings (SSSR count). The number of carbonyl (C=O) groups excluding carboxylic acids is 1. The number of rotatable bonds is 2. The number of likely N-dealkylation sites (tertiary alicyclic amines) is 2. The van der Waals surface area contributed by atoms with E-state index >= 15 is 0 Å². The molecule has 0 unspecified atom stereocenters. The molecule has 0 radical (unpaired) electrons. The van der Waals surface area contributed by atoms with Crippen LogP contribution in [-0.4, -0.2) is 73.3 Å². The Morgan fingerprint density at radius 1 is 1.10 bits per heavy atom.